The molecule has 1 amide bonds. The van der Waals surface area contributed by atoms with E-state index in [2.05, 4.69) is 22.6 Å². The number of carboxylic acids is 1. The molecule has 0 saturated heterocycles. The summed E-state index contributed by atoms with van der Waals surface area (Å²) < 4.78 is 5.18. The first-order valence-corrected chi connectivity index (χ1v) is 9.89. The van der Waals surface area contributed by atoms with E-state index in [1.165, 1.54) is 11.1 Å². The Labute approximate surface area is 165 Å². The Kier molecular flexibility index (Phi) is 6.17. The van der Waals surface area contributed by atoms with Crippen LogP contribution in [0.4, 0.5) is 0 Å². The van der Waals surface area contributed by atoms with Crippen LogP contribution in [0.3, 0.4) is 0 Å². The minimum atomic E-state index is -0.985. The number of nitrogens with zero attached hydrogens (tertiary/aromatic N) is 1. The normalized spacial score (nSPS) is 18.2. The number of benzene rings is 1. The minimum Gasteiger partial charge on any atom is -0.480 e. The second-order valence-electron chi connectivity index (χ2n) is 7.83. The number of nitrogens with one attached hydrogen (secondary N) is 1. The SMILES string of the molecule is Cc1noc(C)c1C(C)CC(=O)NC(CC1CCCc2ccccc21)C(=O)O. The summed E-state index contributed by atoms with van der Waals surface area (Å²) in [6.07, 6.45) is 3.65. The molecule has 1 aliphatic rings. The van der Waals surface area contributed by atoms with Gasteiger partial charge in [0.2, 0.25) is 5.91 Å². The monoisotopic (exact) mass is 384 g/mol. The number of aromatic nitrogens is 1. The van der Waals surface area contributed by atoms with Crippen molar-refractivity contribution in [1.82, 2.24) is 10.5 Å². The molecule has 0 radical (unpaired) electrons. The summed E-state index contributed by atoms with van der Waals surface area (Å²) in [7, 11) is 0. The van der Waals surface area contributed by atoms with E-state index in [0.29, 0.717) is 12.2 Å². The van der Waals surface area contributed by atoms with E-state index in [1.54, 1.807) is 0 Å². The van der Waals surface area contributed by atoms with Crippen LogP contribution < -0.4 is 5.32 Å². The maximum Gasteiger partial charge on any atom is 0.326 e. The average Bonchev–Trinajstić information content (AvgIpc) is 2.99. The molecule has 0 spiro atoms. The van der Waals surface area contributed by atoms with E-state index in [-0.39, 0.29) is 24.2 Å². The molecule has 1 heterocycles. The van der Waals surface area contributed by atoms with Crippen LogP contribution in [0.1, 0.15) is 72.6 Å². The van der Waals surface area contributed by atoms with Gasteiger partial charge in [-0.3, -0.25) is 4.79 Å². The highest BCUT2D eigenvalue weighted by Gasteiger charge is 2.29. The topological polar surface area (TPSA) is 92.4 Å². The average molecular weight is 384 g/mol. The van der Waals surface area contributed by atoms with E-state index in [1.807, 2.05) is 32.9 Å². The van der Waals surface area contributed by atoms with Crippen molar-refractivity contribution in [3.63, 3.8) is 0 Å². The lowest BCUT2D eigenvalue weighted by atomic mass is 9.79. The molecular weight excluding hydrogens is 356 g/mol. The zero-order valence-corrected chi connectivity index (χ0v) is 16.7. The van der Waals surface area contributed by atoms with Crippen LogP contribution in [-0.2, 0) is 16.0 Å². The van der Waals surface area contributed by atoms with Crippen molar-refractivity contribution in [2.45, 2.75) is 70.8 Å². The predicted octanol–water partition coefficient (Wildman–Crippen LogP) is 3.86. The molecule has 0 saturated carbocycles. The summed E-state index contributed by atoms with van der Waals surface area (Å²) in [5, 5.41) is 16.3. The van der Waals surface area contributed by atoms with E-state index in [0.717, 1.165) is 30.5 Å². The number of hydrogen-bond donors (Lipinski definition) is 2. The Morgan fingerprint density at radius 2 is 2.07 bits per heavy atom. The minimum absolute atomic E-state index is 0.0869. The third-order valence-corrected chi connectivity index (χ3v) is 5.72. The second kappa shape index (κ2) is 8.59. The zero-order chi connectivity index (χ0) is 20.3. The van der Waals surface area contributed by atoms with Crippen LogP contribution in [0.15, 0.2) is 28.8 Å². The maximum absolute atomic E-state index is 12.5. The first-order valence-electron chi connectivity index (χ1n) is 9.89. The fraction of sp³-hybridized carbons (Fsp3) is 0.500. The number of aryl methyl sites for hydroxylation is 3. The number of carboxylic acid groups (broad SMARTS) is 1. The van der Waals surface area contributed by atoms with Crippen LogP contribution in [0.5, 0.6) is 0 Å². The summed E-state index contributed by atoms with van der Waals surface area (Å²) in [5.41, 5.74) is 4.20. The molecule has 3 unspecified atom stereocenters. The highest BCUT2D eigenvalue weighted by Crippen LogP contribution is 2.34. The van der Waals surface area contributed by atoms with Gasteiger partial charge in [0.25, 0.3) is 0 Å². The second-order valence-corrected chi connectivity index (χ2v) is 7.83. The van der Waals surface area contributed by atoms with E-state index in [9.17, 15) is 14.7 Å². The van der Waals surface area contributed by atoms with Gasteiger partial charge in [-0.05, 0) is 62.5 Å². The summed E-state index contributed by atoms with van der Waals surface area (Å²) in [5.74, 6) is -0.473. The standard InChI is InChI=1S/C22H28N2O4/c1-13(21-14(2)24-28-15(21)3)11-20(25)23-19(22(26)27)12-17-9-6-8-16-7-4-5-10-18(16)17/h4-5,7,10,13,17,19H,6,8-9,11-12H2,1-3H3,(H,23,25)(H,26,27). The number of carbonyl (C=O) groups is 2. The number of carbonyl (C=O) groups excluding carboxylic acids is 1. The molecule has 1 aliphatic carbocycles. The van der Waals surface area contributed by atoms with Crippen LogP contribution >= 0.6 is 0 Å². The lowest BCUT2D eigenvalue weighted by molar-refractivity contribution is -0.142. The Balaban J connectivity index is 1.65. The molecule has 3 rings (SSSR count). The van der Waals surface area contributed by atoms with Crippen molar-refractivity contribution >= 4 is 11.9 Å². The molecule has 150 valence electrons. The molecule has 1 aromatic heterocycles. The molecule has 3 atom stereocenters. The predicted molar refractivity (Wildman–Crippen MR) is 105 cm³/mol. The smallest absolute Gasteiger partial charge is 0.326 e. The van der Waals surface area contributed by atoms with Crippen LogP contribution in [0, 0.1) is 13.8 Å². The lowest BCUT2D eigenvalue weighted by Gasteiger charge is -2.28. The fourth-order valence-corrected chi connectivity index (χ4v) is 4.43. The van der Waals surface area contributed by atoms with Crippen molar-refractivity contribution in [2.24, 2.45) is 0 Å². The third kappa shape index (κ3) is 4.43. The molecule has 2 aromatic rings. The number of aliphatic carboxylic acids is 1. The van der Waals surface area contributed by atoms with E-state index in [4.69, 9.17) is 4.52 Å². The highest BCUT2D eigenvalue weighted by molar-refractivity contribution is 5.84. The van der Waals surface area contributed by atoms with Crippen LogP contribution in [0.25, 0.3) is 0 Å². The summed E-state index contributed by atoms with van der Waals surface area (Å²) in [4.78, 5) is 24.4. The van der Waals surface area contributed by atoms with Crippen LogP contribution in [-0.4, -0.2) is 28.2 Å². The Bertz CT molecular complexity index is 838. The molecule has 1 aromatic carbocycles. The first-order chi connectivity index (χ1) is 13.4. The van der Waals surface area contributed by atoms with Crippen molar-refractivity contribution in [2.75, 3.05) is 0 Å². The molecule has 6 nitrogen and oxygen atoms in total. The van der Waals surface area contributed by atoms with Crippen LogP contribution in [0.2, 0.25) is 0 Å². The van der Waals surface area contributed by atoms with E-state index < -0.39 is 12.0 Å². The van der Waals surface area contributed by atoms with Gasteiger partial charge < -0.3 is 14.9 Å². The summed E-state index contributed by atoms with van der Waals surface area (Å²) >= 11 is 0. The van der Waals surface area contributed by atoms with Gasteiger partial charge in [0.1, 0.15) is 11.8 Å². The Hall–Kier alpha value is -2.63. The van der Waals surface area contributed by atoms with Crippen molar-refractivity contribution in [3.05, 3.63) is 52.4 Å². The zero-order valence-electron chi connectivity index (χ0n) is 16.7. The van der Waals surface area contributed by atoms with Gasteiger partial charge in [0, 0.05) is 12.0 Å². The number of rotatable bonds is 7. The van der Waals surface area contributed by atoms with Gasteiger partial charge >= 0.3 is 5.97 Å². The van der Waals surface area contributed by atoms with Gasteiger partial charge in [-0.2, -0.15) is 0 Å². The van der Waals surface area contributed by atoms with E-state index >= 15 is 0 Å². The molecule has 2 N–H and O–H groups in total. The Morgan fingerprint density at radius 3 is 2.75 bits per heavy atom. The summed E-state index contributed by atoms with van der Waals surface area (Å²) in [6, 6.07) is 7.33. The largest absolute Gasteiger partial charge is 0.480 e. The van der Waals surface area contributed by atoms with Crippen molar-refractivity contribution in [3.8, 4) is 0 Å². The number of hydrogen-bond acceptors (Lipinski definition) is 4. The molecule has 28 heavy (non-hydrogen) atoms. The molecule has 0 aliphatic heterocycles. The maximum atomic E-state index is 12.5. The van der Waals surface area contributed by atoms with Gasteiger partial charge in [-0.25, -0.2) is 4.79 Å². The Morgan fingerprint density at radius 1 is 1.32 bits per heavy atom. The third-order valence-electron chi connectivity index (χ3n) is 5.72. The quantitative estimate of drug-likeness (QED) is 0.756. The van der Waals surface area contributed by atoms with Gasteiger partial charge in [0.15, 0.2) is 0 Å². The number of amides is 1. The molecule has 0 fully saturated rings. The molecule has 0 bridgehead atoms. The molecular formula is C22H28N2O4. The first kappa shape index (κ1) is 20.1. The summed E-state index contributed by atoms with van der Waals surface area (Å²) in [6.45, 7) is 5.60. The lowest BCUT2D eigenvalue weighted by Crippen LogP contribution is -2.42. The van der Waals surface area contributed by atoms with Gasteiger partial charge in [0.05, 0.1) is 5.69 Å². The van der Waals surface area contributed by atoms with Crippen molar-refractivity contribution in [1.29, 1.82) is 0 Å². The fourth-order valence-electron chi connectivity index (χ4n) is 4.43. The highest BCUT2D eigenvalue weighted by atomic mass is 16.5. The number of fused-ring (bicyclic) bond motifs is 1. The van der Waals surface area contributed by atoms with Gasteiger partial charge in [-0.15, -0.1) is 0 Å². The van der Waals surface area contributed by atoms with Crippen molar-refractivity contribution < 1.29 is 19.2 Å². The molecule has 6 heteroatoms. The van der Waals surface area contributed by atoms with Gasteiger partial charge in [-0.1, -0.05) is 36.3 Å².